The Hall–Kier alpha value is -2.21. The molecule has 0 fully saturated rings. The van der Waals surface area contributed by atoms with Crippen LogP contribution in [0.1, 0.15) is 11.7 Å². The number of aromatic hydroxyl groups is 2. The number of aliphatic carboxylic acids is 1. The van der Waals surface area contributed by atoms with Crippen LogP contribution in [-0.4, -0.2) is 26.4 Å². The van der Waals surface area contributed by atoms with Crippen molar-refractivity contribution in [2.24, 2.45) is 0 Å². The first-order valence-corrected chi connectivity index (χ1v) is 4.45. The van der Waals surface area contributed by atoms with Crippen molar-refractivity contribution in [2.45, 2.75) is 6.10 Å². The number of carbonyl (C=O) groups is 1. The van der Waals surface area contributed by atoms with Crippen LogP contribution in [0.3, 0.4) is 0 Å². The molecule has 0 saturated heterocycles. The van der Waals surface area contributed by atoms with Gasteiger partial charge in [-0.1, -0.05) is 0 Å². The molecule has 1 aromatic rings. The number of hydrogen-bond acceptors (Lipinski definition) is 5. The molecule has 0 amide bonds. The second-order valence-electron chi connectivity index (χ2n) is 3.35. The Balaban J connectivity index is 2.57. The molecule has 84 valence electrons. The van der Waals surface area contributed by atoms with Crippen LogP contribution in [0.4, 0.5) is 5.69 Å². The smallest absolute Gasteiger partial charge is 0.352 e. The molecular weight excluding hydrogens is 214 g/mol. The molecule has 1 atom stereocenters. The predicted molar refractivity (Wildman–Crippen MR) is 54.1 cm³/mol. The van der Waals surface area contributed by atoms with Gasteiger partial charge in [0.25, 0.3) is 0 Å². The van der Waals surface area contributed by atoms with Crippen LogP contribution in [0.2, 0.25) is 0 Å². The molecular formula is C10H9NO5. The fourth-order valence-electron chi connectivity index (χ4n) is 1.57. The largest absolute Gasteiger partial charge is 0.507 e. The molecule has 1 aliphatic rings. The standard InChI is InChI=1S/C10H9NO5/c12-5-1-2-6(13)9-8(5)7(14)3-4(11-9)10(15)16/h1-3,7,11-14H,(H,15,16). The Kier molecular flexibility index (Phi) is 2.21. The van der Waals surface area contributed by atoms with Crippen LogP contribution in [0.15, 0.2) is 23.9 Å². The van der Waals surface area contributed by atoms with Gasteiger partial charge < -0.3 is 25.7 Å². The van der Waals surface area contributed by atoms with E-state index in [0.29, 0.717) is 0 Å². The average Bonchev–Trinajstić information content (AvgIpc) is 2.22. The third kappa shape index (κ3) is 1.45. The van der Waals surface area contributed by atoms with Crippen molar-refractivity contribution in [3.8, 4) is 11.5 Å². The van der Waals surface area contributed by atoms with E-state index < -0.39 is 12.1 Å². The van der Waals surface area contributed by atoms with E-state index in [1.807, 2.05) is 0 Å². The maximum absolute atomic E-state index is 10.7. The molecule has 0 aromatic heterocycles. The number of anilines is 1. The van der Waals surface area contributed by atoms with Gasteiger partial charge in [-0.15, -0.1) is 0 Å². The molecule has 0 bridgehead atoms. The lowest BCUT2D eigenvalue weighted by Gasteiger charge is -2.22. The van der Waals surface area contributed by atoms with E-state index in [9.17, 15) is 20.1 Å². The highest BCUT2D eigenvalue weighted by atomic mass is 16.4. The normalized spacial score (nSPS) is 18.3. The van der Waals surface area contributed by atoms with E-state index in [2.05, 4.69) is 5.32 Å². The lowest BCUT2D eigenvalue weighted by atomic mass is 10.00. The fourth-order valence-corrected chi connectivity index (χ4v) is 1.57. The van der Waals surface area contributed by atoms with Gasteiger partial charge in [-0.3, -0.25) is 0 Å². The third-order valence-electron chi connectivity index (χ3n) is 2.31. The zero-order chi connectivity index (χ0) is 11.9. The number of nitrogens with one attached hydrogen (secondary N) is 1. The third-order valence-corrected chi connectivity index (χ3v) is 2.31. The molecule has 1 unspecified atom stereocenters. The second kappa shape index (κ2) is 3.42. The van der Waals surface area contributed by atoms with Gasteiger partial charge in [-0.25, -0.2) is 4.79 Å². The van der Waals surface area contributed by atoms with Crippen LogP contribution in [0.5, 0.6) is 11.5 Å². The van der Waals surface area contributed by atoms with E-state index in [0.717, 1.165) is 6.08 Å². The number of carboxylic acids is 1. The summed E-state index contributed by atoms with van der Waals surface area (Å²) >= 11 is 0. The van der Waals surface area contributed by atoms with Crippen LogP contribution in [0, 0.1) is 0 Å². The molecule has 0 aliphatic carbocycles. The summed E-state index contributed by atoms with van der Waals surface area (Å²) in [7, 11) is 0. The molecule has 2 rings (SSSR count). The van der Waals surface area contributed by atoms with Gasteiger partial charge in [0.1, 0.15) is 23.3 Å². The van der Waals surface area contributed by atoms with Gasteiger partial charge in [0, 0.05) is 0 Å². The molecule has 6 heteroatoms. The van der Waals surface area contributed by atoms with Crippen molar-refractivity contribution in [1.29, 1.82) is 0 Å². The number of aliphatic hydroxyl groups is 1. The lowest BCUT2D eigenvalue weighted by molar-refractivity contribution is -0.132. The molecule has 0 spiro atoms. The molecule has 1 aromatic carbocycles. The summed E-state index contributed by atoms with van der Waals surface area (Å²) in [6, 6.07) is 2.43. The maximum Gasteiger partial charge on any atom is 0.352 e. The zero-order valence-corrected chi connectivity index (χ0v) is 8.01. The monoisotopic (exact) mass is 223 g/mol. The van der Waals surface area contributed by atoms with Crippen molar-refractivity contribution in [2.75, 3.05) is 5.32 Å². The number of phenolic OH excluding ortho intramolecular Hbond substituents is 2. The fraction of sp³-hybridized carbons (Fsp3) is 0.100. The highest BCUT2D eigenvalue weighted by molar-refractivity contribution is 5.93. The van der Waals surface area contributed by atoms with Crippen molar-refractivity contribution in [3.05, 3.63) is 29.5 Å². The SMILES string of the molecule is O=C(O)C1=CC(O)c2c(O)ccc(O)c2N1. The summed E-state index contributed by atoms with van der Waals surface area (Å²) in [6.45, 7) is 0. The summed E-state index contributed by atoms with van der Waals surface area (Å²) in [5, 5.41) is 39.8. The molecule has 16 heavy (non-hydrogen) atoms. The highest BCUT2D eigenvalue weighted by Gasteiger charge is 2.26. The molecule has 1 aliphatic heterocycles. The Labute approximate surface area is 90.1 Å². The maximum atomic E-state index is 10.7. The van der Waals surface area contributed by atoms with E-state index in [4.69, 9.17) is 5.11 Å². The van der Waals surface area contributed by atoms with Gasteiger partial charge in [0.15, 0.2) is 0 Å². The van der Waals surface area contributed by atoms with E-state index >= 15 is 0 Å². The van der Waals surface area contributed by atoms with Crippen LogP contribution in [0.25, 0.3) is 0 Å². The topological polar surface area (TPSA) is 110 Å². The average molecular weight is 223 g/mol. The lowest BCUT2D eigenvalue weighted by Crippen LogP contribution is -2.18. The summed E-state index contributed by atoms with van der Waals surface area (Å²) in [4.78, 5) is 10.7. The first-order chi connectivity index (χ1) is 7.50. The predicted octanol–water partition coefficient (Wildman–Crippen LogP) is 0.525. The van der Waals surface area contributed by atoms with Gasteiger partial charge in [-0.2, -0.15) is 0 Å². The number of phenols is 2. The van der Waals surface area contributed by atoms with E-state index in [1.54, 1.807) is 0 Å². The summed E-state index contributed by atoms with van der Waals surface area (Å²) in [5.41, 5.74) is -0.182. The van der Waals surface area contributed by atoms with E-state index in [-0.39, 0.29) is 28.4 Å². The zero-order valence-electron chi connectivity index (χ0n) is 8.01. The minimum Gasteiger partial charge on any atom is -0.507 e. The molecule has 5 N–H and O–H groups in total. The van der Waals surface area contributed by atoms with Crippen molar-refractivity contribution in [3.63, 3.8) is 0 Å². The van der Waals surface area contributed by atoms with Crippen molar-refractivity contribution in [1.82, 2.24) is 0 Å². The first-order valence-electron chi connectivity index (χ1n) is 4.45. The minimum absolute atomic E-state index is 0.00685. The summed E-state index contributed by atoms with van der Waals surface area (Å²) in [6.07, 6.45) is -0.224. The van der Waals surface area contributed by atoms with Gasteiger partial charge >= 0.3 is 5.97 Å². The first kappa shape index (κ1) is 10.3. The Morgan fingerprint density at radius 3 is 2.50 bits per heavy atom. The van der Waals surface area contributed by atoms with Crippen molar-refractivity contribution < 1.29 is 25.2 Å². The number of carboxylic acid groups (broad SMARTS) is 1. The van der Waals surface area contributed by atoms with Crippen molar-refractivity contribution >= 4 is 11.7 Å². The minimum atomic E-state index is -1.27. The Bertz CT molecular complexity index is 494. The molecule has 0 radical (unpaired) electrons. The molecule has 6 nitrogen and oxygen atoms in total. The van der Waals surface area contributed by atoms with Gasteiger partial charge in [0.2, 0.25) is 0 Å². The van der Waals surface area contributed by atoms with Crippen LogP contribution < -0.4 is 5.32 Å². The summed E-state index contributed by atoms with van der Waals surface area (Å²) in [5.74, 6) is -1.71. The number of fused-ring (bicyclic) bond motifs is 1. The number of benzene rings is 1. The second-order valence-corrected chi connectivity index (χ2v) is 3.35. The Morgan fingerprint density at radius 1 is 1.25 bits per heavy atom. The molecule has 0 saturated carbocycles. The van der Waals surface area contributed by atoms with E-state index in [1.165, 1.54) is 12.1 Å². The highest BCUT2D eigenvalue weighted by Crippen LogP contribution is 2.42. The number of hydrogen-bond donors (Lipinski definition) is 5. The number of rotatable bonds is 1. The van der Waals surface area contributed by atoms with Gasteiger partial charge in [-0.05, 0) is 18.2 Å². The van der Waals surface area contributed by atoms with Gasteiger partial charge in [0.05, 0.1) is 11.3 Å². The van der Waals surface area contributed by atoms with Crippen LogP contribution >= 0.6 is 0 Å². The number of aliphatic hydroxyl groups excluding tert-OH is 1. The quantitative estimate of drug-likeness (QED) is 0.351. The molecule has 1 heterocycles. The summed E-state index contributed by atoms with van der Waals surface area (Å²) < 4.78 is 0. The van der Waals surface area contributed by atoms with Crippen LogP contribution in [-0.2, 0) is 4.79 Å². The Morgan fingerprint density at radius 2 is 1.88 bits per heavy atom.